The standard InChI is InChI=1S/C59H85N7O15/c1-34(2)47(60-52(71)48(35(3)4)61(9)10)51(70)59(57(76)81-50(37(7)8)55(74)66-42(43(78-12)31-46(66)69)30-38-18-14-13-15-19-38)27-17-29-65(59)53(72)41-20-16-28-63(41)54(73)49(36(5)6)62(11)58(77)80-33-79-56(75)40-23-21-39(22-24-40)32-64-44(67)25-26-45(64)68/h13-15,18-19,25-26,31,34-37,39-42,47-50,55,74H,16-17,20-24,27-30,32-33H2,1-12H3,(H,60,71)/t39?,40?,41-,42-,47?,48-,49-,50-,55?,59+/m0/s1. The molecule has 1 aliphatic carbocycles. The number of nitrogens with zero attached hydrogens (tertiary/aromatic N) is 6. The number of amides is 7. The number of carbonyl (C=O) groups excluding carboxylic acids is 10. The van der Waals surface area contributed by atoms with Gasteiger partial charge in [-0.2, -0.15) is 0 Å². The smallest absolute Gasteiger partial charge is 0.413 e. The maximum Gasteiger partial charge on any atom is 0.413 e. The first-order valence-corrected chi connectivity index (χ1v) is 28.5. The van der Waals surface area contributed by atoms with E-state index in [0.717, 1.165) is 15.4 Å². The third kappa shape index (κ3) is 14.0. The number of likely N-dealkylation sites (tertiary alicyclic amines) is 2. The number of esters is 2. The first-order valence-electron chi connectivity index (χ1n) is 28.5. The van der Waals surface area contributed by atoms with Crippen molar-refractivity contribution in [2.45, 2.75) is 161 Å². The molecule has 22 nitrogen and oxygen atoms in total. The van der Waals surface area contributed by atoms with E-state index >= 15 is 14.4 Å². The van der Waals surface area contributed by atoms with Crippen molar-refractivity contribution in [3.63, 3.8) is 0 Å². The Hall–Kier alpha value is -6.68. The minimum Gasteiger partial charge on any atom is -0.499 e. The lowest BCUT2D eigenvalue weighted by Gasteiger charge is -2.43. The number of aliphatic hydroxyl groups is 1. The minimum absolute atomic E-state index is 0.0305. The fraction of sp³-hybridized carbons (Fsp3) is 0.661. The van der Waals surface area contributed by atoms with Crippen LogP contribution in [0.25, 0.3) is 0 Å². The molecule has 1 saturated carbocycles. The molecular weight excluding hydrogens is 1050 g/mol. The van der Waals surface area contributed by atoms with Crippen LogP contribution < -0.4 is 5.32 Å². The average molecular weight is 1130 g/mol. The second kappa shape index (κ2) is 27.4. The lowest BCUT2D eigenvalue weighted by Crippen LogP contribution is -2.68. The highest BCUT2D eigenvalue weighted by Gasteiger charge is 2.61. The highest BCUT2D eigenvalue weighted by molar-refractivity contribution is 6.15. The molecule has 2 saturated heterocycles. The number of hydrogen-bond acceptors (Lipinski definition) is 16. The quantitative estimate of drug-likeness (QED) is 0.0645. The third-order valence-corrected chi connectivity index (χ3v) is 16.6. The highest BCUT2D eigenvalue weighted by atomic mass is 16.7. The molecule has 1 aromatic carbocycles. The summed E-state index contributed by atoms with van der Waals surface area (Å²) in [6, 6.07) is 4.03. The van der Waals surface area contributed by atoms with Crippen molar-refractivity contribution in [2.75, 3.05) is 54.7 Å². The van der Waals surface area contributed by atoms with E-state index in [9.17, 15) is 38.7 Å². The fourth-order valence-corrected chi connectivity index (χ4v) is 12.4. The van der Waals surface area contributed by atoms with E-state index < -0.39 is 126 Å². The topological polar surface area (TPSA) is 259 Å². The number of benzene rings is 1. The number of hydrogen-bond donors (Lipinski definition) is 2. The summed E-state index contributed by atoms with van der Waals surface area (Å²) >= 11 is 0. The monoisotopic (exact) mass is 1130 g/mol. The van der Waals surface area contributed by atoms with Gasteiger partial charge in [-0.05, 0) is 101 Å². The molecule has 7 amide bonds. The van der Waals surface area contributed by atoms with Gasteiger partial charge >= 0.3 is 18.0 Å². The number of carbonyl (C=O) groups is 10. The number of Topliss-reactive ketones (excluding diaryl/α,β-unsaturated/α-hetero) is 1. The fourth-order valence-electron chi connectivity index (χ4n) is 12.4. The molecule has 446 valence electrons. The van der Waals surface area contributed by atoms with Crippen LogP contribution in [0.2, 0.25) is 0 Å². The Balaban J connectivity index is 1.23. The molecule has 81 heavy (non-hydrogen) atoms. The van der Waals surface area contributed by atoms with Gasteiger partial charge in [0.05, 0.1) is 31.2 Å². The molecular formula is C59H85N7O15. The summed E-state index contributed by atoms with van der Waals surface area (Å²) in [5.41, 5.74) is -1.57. The molecule has 6 rings (SSSR count). The van der Waals surface area contributed by atoms with Gasteiger partial charge in [0.25, 0.3) is 17.7 Å². The number of rotatable bonds is 24. The SMILES string of the molecule is COC1=CC(=O)N(C(O)[C@@H](OC(=O)[C@]2(C(=O)C(NC(=O)[C@H](C(C)C)N(C)C)C(C)C)CCCN2C(=O)[C@@H]2CCCN2C(=O)[C@H](C(C)C)N(C)C(=O)OCOC(=O)C2CCC(CN3C(=O)C=CC3=O)CC2)C(C)C)[C@H]1Cc1ccccc1. The Morgan fingerprint density at radius 1 is 0.765 bits per heavy atom. The van der Waals surface area contributed by atoms with E-state index in [-0.39, 0.29) is 74.7 Å². The molecule has 0 radical (unpaired) electrons. The van der Waals surface area contributed by atoms with Crippen LogP contribution in [0.4, 0.5) is 4.79 Å². The van der Waals surface area contributed by atoms with Gasteiger partial charge in [0.2, 0.25) is 30.1 Å². The first-order chi connectivity index (χ1) is 38.3. The highest BCUT2D eigenvalue weighted by Crippen LogP contribution is 2.39. The molecule has 22 heteroatoms. The first kappa shape index (κ1) is 63.5. The van der Waals surface area contributed by atoms with Crippen LogP contribution >= 0.6 is 0 Å². The van der Waals surface area contributed by atoms with Crippen molar-refractivity contribution in [3.05, 3.63) is 59.9 Å². The van der Waals surface area contributed by atoms with E-state index in [0.29, 0.717) is 32.1 Å². The second-order valence-corrected chi connectivity index (χ2v) is 23.7. The Kier molecular flexibility index (Phi) is 21.5. The zero-order valence-electron chi connectivity index (χ0n) is 49.2. The maximum atomic E-state index is 15.8. The molecule has 2 unspecified atom stereocenters. The van der Waals surface area contributed by atoms with Gasteiger partial charge in [-0.1, -0.05) is 85.7 Å². The minimum atomic E-state index is -2.40. The normalized spacial score (nSPS) is 24.0. The van der Waals surface area contributed by atoms with Crippen LogP contribution in [-0.2, 0) is 68.5 Å². The number of ether oxygens (including phenoxy) is 4. The van der Waals surface area contributed by atoms with Crippen LogP contribution in [0.15, 0.2) is 54.3 Å². The van der Waals surface area contributed by atoms with Crippen molar-refractivity contribution in [1.29, 1.82) is 0 Å². The zero-order chi connectivity index (χ0) is 59.8. The van der Waals surface area contributed by atoms with Crippen LogP contribution in [0, 0.1) is 35.5 Å². The molecule has 2 N–H and O–H groups in total. The molecule has 4 heterocycles. The summed E-state index contributed by atoms with van der Waals surface area (Å²) in [4.78, 5) is 148. The number of likely N-dealkylation sites (N-methyl/N-ethyl adjacent to an activating group) is 2. The van der Waals surface area contributed by atoms with Crippen molar-refractivity contribution >= 4 is 59.3 Å². The molecule has 0 aromatic heterocycles. The summed E-state index contributed by atoms with van der Waals surface area (Å²) in [5.74, 6) is -7.90. The van der Waals surface area contributed by atoms with Gasteiger partial charge in [-0.3, -0.25) is 58.0 Å². The van der Waals surface area contributed by atoms with E-state index in [1.807, 2.05) is 44.2 Å². The largest absolute Gasteiger partial charge is 0.499 e. The number of aliphatic hydroxyl groups excluding tert-OH is 1. The van der Waals surface area contributed by atoms with Crippen molar-refractivity contribution in [1.82, 2.24) is 34.7 Å². The van der Waals surface area contributed by atoms with Gasteiger partial charge < -0.3 is 39.2 Å². The Labute approximate surface area is 475 Å². The number of imide groups is 1. The van der Waals surface area contributed by atoms with Crippen LogP contribution in [0.5, 0.6) is 0 Å². The van der Waals surface area contributed by atoms with Gasteiger partial charge in [0.15, 0.2) is 12.0 Å². The van der Waals surface area contributed by atoms with Crippen molar-refractivity contribution in [3.8, 4) is 0 Å². The zero-order valence-corrected chi connectivity index (χ0v) is 49.2. The predicted octanol–water partition coefficient (Wildman–Crippen LogP) is 3.83. The molecule has 8 atom stereocenters. The van der Waals surface area contributed by atoms with E-state index in [1.165, 1.54) is 47.1 Å². The lowest BCUT2D eigenvalue weighted by atomic mass is 9.81. The predicted molar refractivity (Wildman–Crippen MR) is 294 cm³/mol. The van der Waals surface area contributed by atoms with Gasteiger partial charge in [-0.15, -0.1) is 0 Å². The van der Waals surface area contributed by atoms with Gasteiger partial charge in [0, 0.05) is 51.3 Å². The number of ketones is 1. The maximum absolute atomic E-state index is 15.8. The molecule has 0 bridgehead atoms. The summed E-state index contributed by atoms with van der Waals surface area (Å²) in [6.45, 7) is 13.4. The summed E-state index contributed by atoms with van der Waals surface area (Å²) < 4.78 is 22.7. The summed E-state index contributed by atoms with van der Waals surface area (Å²) in [6.07, 6.45) is 2.22. The lowest BCUT2D eigenvalue weighted by molar-refractivity contribution is -0.189. The van der Waals surface area contributed by atoms with E-state index in [1.54, 1.807) is 60.5 Å². The van der Waals surface area contributed by atoms with Crippen molar-refractivity contribution < 1.29 is 72.0 Å². The number of nitrogens with one attached hydrogen (secondary N) is 1. The third-order valence-electron chi connectivity index (χ3n) is 16.6. The molecule has 3 fully saturated rings. The van der Waals surface area contributed by atoms with Gasteiger partial charge in [-0.25, -0.2) is 9.59 Å². The van der Waals surface area contributed by atoms with Crippen LogP contribution in [0.3, 0.4) is 0 Å². The summed E-state index contributed by atoms with van der Waals surface area (Å²) in [7, 11) is 6.25. The van der Waals surface area contributed by atoms with E-state index in [2.05, 4.69) is 5.32 Å². The second-order valence-electron chi connectivity index (χ2n) is 23.7. The summed E-state index contributed by atoms with van der Waals surface area (Å²) in [5, 5.41) is 15.2. The molecule has 0 spiro atoms. The van der Waals surface area contributed by atoms with Crippen LogP contribution in [-0.4, -0.2) is 197 Å². The Bertz CT molecular complexity index is 2530. The van der Waals surface area contributed by atoms with E-state index in [4.69, 9.17) is 18.9 Å². The molecule has 1 aromatic rings. The van der Waals surface area contributed by atoms with Crippen LogP contribution in [0.1, 0.15) is 112 Å². The van der Waals surface area contributed by atoms with Crippen molar-refractivity contribution in [2.24, 2.45) is 35.5 Å². The molecule has 5 aliphatic rings. The average Bonchev–Trinajstić information content (AvgIpc) is 4.24. The Morgan fingerprint density at radius 2 is 1.40 bits per heavy atom. The Morgan fingerprint density at radius 3 is 1.96 bits per heavy atom. The number of methoxy groups -OCH3 is 1. The molecule has 4 aliphatic heterocycles. The van der Waals surface area contributed by atoms with Gasteiger partial charge in [0.1, 0.15) is 23.9 Å².